The topological polar surface area (TPSA) is 19.0 Å². The molecule has 0 radical (unpaired) electrons. The van der Waals surface area contributed by atoms with Crippen molar-refractivity contribution < 1.29 is 4.74 Å². The molecule has 3 aliphatic heterocycles. The molecule has 0 saturated carbocycles. The summed E-state index contributed by atoms with van der Waals surface area (Å²) in [6, 6.07) is 8.58. The lowest BCUT2D eigenvalue weighted by Crippen LogP contribution is -2.44. The molecule has 0 N–H and O–H groups in total. The summed E-state index contributed by atoms with van der Waals surface area (Å²) in [5.74, 6) is 0.975. The van der Waals surface area contributed by atoms with E-state index in [1.54, 1.807) is 7.11 Å². The van der Waals surface area contributed by atoms with Crippen LogP contribution < -0.4 is 4.74 Å². The average molecular weight is 358 g/mol. The van der Waals surface area contributed by atoms with E-state index in [4.69, 9.17) is 4.74 Å². The van der Waals surface area contributed by atoms with Gasteiger partial charge in [0.05, 0.1) is 7.11 Å². The lowest BCUT2D eigenvalue weighted by Gasteiger charge is -2.40. The number of ether oxygens (including phenoxy) is 1. The zero-order valence-electron chi connectivity index (χ0n) is 16.5. The highest BCUT2D eigenvalue weighted by atomic mass is 16.5. The number of hydrogen-bond acceptors (Lipinski definition) is 4. The molecule has 0 amide bonds. The first-order valence-electron chi connectivity index (χ1n) is 10.5. The van der Waals surface area contributed by atoms with Crippen LogP contribution in [0.15, 0.2) is 24.3 Å². The molecule has 0 aromatic heterocycles. The van der Waals surface area contributed by atoms with E-state index in [2.05, 4.69) is 32.9 Å². The SMILES string of the molecule is COc1cccc(CN2CCCC3(CCN(CCN4CCCC4)C3)C2)c1. The van der Waals surface area contributed by atoms with Crippen LogP contribution in [0.3, 0.4) is 0 Å². The van der Waals surface area contributed by atoms with Crippen LogP contribution in [0.2, 0.25) is 0 Å². The van der Waals surface area contributed by atoms with Gasteiger partial charge < -0.3 is 14.5 Å². The van der Waals surface area contributed by atoms with Crippen LogP contribution in [0.5, 0.6) is 5.75 Å². The maximum Gasteiger partial charge on any atom is 0.119 e. The normalized spacial score (nSPS) is 28.2. The van der Waals surface area contributed by atoms with Gasteiger partial charge >= 0.3 is 0 Å². The Kier molecular flexibility index (Phi) is 5.82. The highest BCUT2D eigenvalue weighted by Crippen LogP contribution is 2.39. The number of nitrogens with zero attached hydrogens (tertiary/aromatic N) is 3. The molecule has 26 heavy (non-hydrogen) atoms. The Morgan fingerprint density at radius 2 is 1.65 bits per heavy atom. The Hall–Kier alpha value is -1.10. The third-order valence-corrected chi connectivity index (χ3v) is 6.73. The lowest BCUT2D eigenvalue weighted by atomic mass is 9.79. The molecule has 4 nitrogen and oxygen atoms in total. The van der Waals surface area contributed by atoms with Gasteiger partial charge in [-0.15, -0.1) is 0 Å². The first kappa shape index (κ1) is 18.3. The minimum atomic E-state index is 0.544. The maximum atomic E-state index is 5.39. The standard InChI is InChI=1S/C22H35N3O/c1-26-21-7-4-6-20(16-21)17-25-12-5-8-22(19-25)9-13-24(18-22)15-14-23-10-2-3-11-23/h4,6-7,16H,2-3,5,8-15,17-19H2,1H3. The molecule has 3 fully saturated rings. The number of methoxy groups -OCH3 is 1. The molecule has 1 aromatic rings. The fourth-order valence-corrected chi connectivity index (χ4v) is 5.31. The van der Waals surface area contributed by atoms with Crippen LogP contribution in [0.1, 0.15) is 37.7 Å². The second-order valence-electron chi connectivity index (χ2n) is 8.74. The van der Waals surface area contributed by atoms with Crippen molar-refractivity contribution in [3.63, 3.8) is 0 Å². The average Bonchev–Trinajstić information content (AvgIpc) is 3.31. The first-order chi connectivity index (χ1) is 12.7. The van der Waals surface area contributed by atoms with Crippen molar-refractivity contribution in [1.29, 1.82) is 0 Å². The quantitative estimate of drug-likeness (QED) is 0.779. The van der Waals surface area contributed by atoms with Crippen LogP contribution in [0.25, 0.3) is 0 Å². The number of rotatable bonds is 6. The van der Waals surface area contributed by atoms with Gasteiger partial charge in [-0.2, -0.15) is 0 Å². The molecule has 4 rings (SSSR count). The molecule has 3 heterocycles. The Bertz CT molecular complexity index is 587. The smallest absolute Gasteiger partial charge is 0.119 e. The van der Waals surface area contributed by atoms with Gasteiger partial charge in [0.15, 0.2) is 0 Å². The highest BCUT2D eigenvalue weighted by molar-refractivity contribution is 5.28. The summed E-state index contributed by atoms with van der Waals surface area (Å²) in [6.45, 7) is 11.4. The Morgan fingerprint density at radius 3 is 2.50 bits per heavy atom. The predicted molar refractivity (Wildman–Crippen MR) is 107 cm³/mol. The van der Waals surface area contributed by atoms with Gasteiger partial charge in [-0.3, -0.25) is 4.90 Å². The largest absolute Gasteiger partial charge is 0.497 e. The van der Waals surface area contributed by atoms with Gasteiger partial charge in [-0.25, -0.2) is 0 Å². The fraction of sp³-hybridized carbons (Fsp3) is 0.727. The minimum Gasteiger partial charge on any atom is -0.497 e. The third kappa shape index (κ3) is 4.41. The summed E-state index contributed by atoms with van der Waals surface area (Å²) < 4.78 is 5.39. The maximum absolute atomic E-state index is 5.39. The number of benzene rings is 1. The van der Waals surface area contributed by atoms with Gasteiger partial charge in [-0.05, 0) is 81.4 Å². The predicted octanol–water partition coefficient (Wildman–Crippen LogP) is 3.08. The third-order valence-electron chi connectivity index (χ3n) is 6.73. The molecule has 1 atom stereocenters. The fourth-order valence-electron chi connectivity index (χ4n) is 5.31. The van der Waals surface area contributed by atoms with Gasteiger partial charge in [0.1, 0.15) is 5.75 Å². The van der Waals surface area contributed by atoms with E-state index in [9.17, 15) is 0 Å². The van der Waals surface area contributed by atoms with Crippen molar-refractivity contribution in [2.24, 2.45) is 5.41 Å². The molecule has 4 heteroatoms. The van der Waals surface area contributed by atoms with Crippen LogP contribution in [-0.4, -0.2) is 74.2 Å². The van der Waals surface area contributed by atoms with Gasteiger partial charge in [0.25, 0.3) is 0 Å². The zero-order valence-corrected chi connectivity index (χ0v) is 16.5. The van der Waals surface area contributed by atoms with Crippen molar-refractivity contribution in [2.45, 2.75) is 38.6 Å². The van der Waals surface area contributed by atoms with E-state index in [-0.39, 0.29) is 0 Å². The summed E-state index contributed by atoms with van der Waals surface area (Å²) in [5.41, 5.74) is 1.92. The van der Waals surface area contributed by atoms with Crippen molar-refractivity contribution in [3.05, 3.63) is 29.8 Å². The second kappa shape index (κ2) is 8.28. The first-order valence-corrected chi connectivity index (χ1v) is 10.5. The molecule has 1 aromatic carbocycles. The summed E-state index contributed by atoms with van der Waals surface area (Å²) in [4.78, 5) is 8.08. The van der Waals surface area contributed by atoms with E-state index < -0.39 is 0 Å². The lowest BCUT2D eigenvalue weighted by molar-refractivity contribution is 0.0862. The Labute approximate surface area is 159 Å². The summed E-state index contributed by atoms with van der Waals surface area (Å²) in [6.07, 6.45) is 6.97. The van der Waals surface area contributed by atoms with Crippen molar-refractivity contribution in [2.75, 3.05) is 59.5 Å². The second-order valence-corrected chi connectivity index (χ2v) is 8.74. The monoisotopic (exact) mass is 357 g/mol. The van der Waals surface area contributed by atoms with E-state index in [1.807, 2.05) is 6.07 Å². The van der Waals surface area contributed by atoms with Crippen molar-refractivity contribution in [3.8, 4) is 5.75 Å². The van der Waals surface area contributed by atoms with Gasteiger partial charge in [-0.1, -0.05) is 12.1 Å². The Balaban J connectivity index is 1.30. The molecule has 3 aliphatic rings. The number of hydrogen-bond donors (Lipinski definition) is 0. The Morgan fingerprint density at radius 1 is 0.885 bits per heavy atom. The van der Waals surface area contributed by atoms with E-state index >= 15 is 0 Å². The van der Waals surface area contributed by atoms with E-state index in [1.165, 1.54) is 90.0 Å². The molecule has 1 spiro atoms. The summed E-state index contributed by atoms with van der Waals surface area (Å²) >= 11 is 0. The molecular formula is C22H35N3O. The van der Waals surface area contributed by atoms with Crippen LogP contribution in [-0.2, 0) is 6.54 Å². The molecule has 1 unspecified atom stereocenters. The zero-order chi connectivity index (χ0) is 17.8. The number of likely N-dealkylation sites (tertiary alicyclic amines) is 3. The molecule has 0 aliphatic carbocycles. The molecule has 0 bridgehead atoms. The van der Waals surface area contributed by atoms with E-state index in [0.29, 0.717) is 5.41 Å². The van der Waals surface area contributed by atoms with Crippen molar-refractivity contribution in [1.82, 2.24) is 14.7 Å². The van der Waals surface area contributed by atoms with Gasteiger partial charge in [0, 0.05) is 32.7 Å². The van der Waals surface area contributed by atoms with Gasteiger partial charge in [0.2, 0.25) is 0 Å². The minimum absolute atomic E-state index is 0.544. The van der Waals surface area contributed by atoms with Crippen molar-refractivity contribution >= 4 is 0 Å². The number of piperidine rings is 1. The molecular weight excluding hydrogens is 322 g/mol. The van der Waals surface area contributed by atoms with E-state index in [0.717, 1.165) is 12.3 Å². The van der Waals surface area contributed by atoms with Crippen LogP contribution >= 0.6 is 0 Å². The van der Waals surface area contributed by atoms with Crippen LogP contribution in [0, 0.1) is 5.41 Å². The molecule has 3 saturated heterocycles. The summed E-state index contributed by atoms with van der Waals surface area (Å²) in [5, 5.41) is 0. The summed E-state index contributed by atoms with van der Waals surface area (Å²) in [7, 11) is 1.75. The van der Waals surface area contributed by atoms with Crippen LogP contribution in [0.4, 0.5) is 0 Å². The highest BCUT2D eigenvalue weighted by Gasteiger charge is 2.41. The molecule has 144 valence electrons.